The maximum atomic E-state index is 12.5. The number of hydrogen-bond acceptors (Lipinski definition) is 2. The highest BCUT2D eigenvalue weighted by Crippen LogP contribution is 2.26. The molecule has 1 aliphatic carbocycles. The van der Waals surface area contributed by atoms with Crippen LogP contribution >= 0.6 is 0 Å². The molecule has 1 amide bonds. The van der Waals surface area contributed by atoms with Gasteiger partial charge in [-0.3, -0.25) is 4.79 Å². The first-order valence-corrected chi connectivity index (χ1v) is 9.08. The zero-order chi connectivity index (χ0) is 17.1. The lowest BCUT2D eigenvalue weighted by Gasteiger charge is -2.21. The van der Waals surface area contributed by atoms with Crippen molar-refractivity contribution in [2.24, 2.45) is 5.92 Å². The lowest BCUT2D eigenvalue weighted by molar-refractivity contribution is -0.125. The molecule has 0 radical (unpaired) electrons. The molecule has 1 aromatic carbocycles. The predicted molar refractivity (Wildman–Crippen MR) is 98.5 cm³/mol. The van der Waals surface area contributed by atoms with Gasteiger partial charge in [0.05, 0.1) is 5.69 Å². The van der Waals surface area contributed by atoms with Crippen LogP contribution in [0.1, 0.15) is 29.8 Å². The first-order valence-electron chi connectivity index (χ1n) is 9.08. The lowest BCUT2D eigenvalue weighted by Crippen LogP contribution is -2.35. The Bertz CT molecular complexity index is 869. The van der Waals surface area contributed by atoms with E-state index in [0.717, 1.165) is 50.0 Å². The summed E-state index contributed by atoms with van der Waals surface area (Å²) in [6.07, 6.45) is 6.58. The van der Waals surface area contributed by atoms with Crippen LogP contribution in [0.15, 0.2) is 54.7 Å². The molecule has 0 fully saturated rings. The average molecular weight is 333 g/mol. The molecule has 0 aliphatic heterocycles. The molecule has 2 heterocycles. The molecule has 1 atom stereocenters. The minimum atomic E-state index is 0.0596. The number of nitrogens with zero attached hydrogens (tertiary/aromatic N) is 2. The average Bonchev–Trinajstić information content (AvgIpc) is 3.04. The van der Waals surface area contributed by atoms with Crippen LogP contribution in [0.25, 0.3) is 5.65 Å². The fourth-order valence-corrected chi connectivity index (χ4v) is 3.67. The third-order valence-electron chi connectivity index (χ3n) is 5.04. The normalized spacial score (nSPS) is 16.6. The van der Waals surface area contributed by atoms with Crippen molar-refractivity contribution < 1.29 is 4.79 Å². The van der Waals surface area contributed by atoms with E-state index >= 15 is 0 Å². The molecule has 2 aromatic heterocycles. The monoisotopic (exact) mass is 333 g/mol. The summed E-state index contributed by atoms with van der Waals surface area (Å²) in [4.78, 5) is 17.2. The predicted octanol–water partition coefficient (Wildman–Crippen LogP) is 3.19. The van der Waals surface area contributed by atoms with Crippen molar-refractivity contribution in [2.75, 3.05) is 6.54 Å². The summed E-state index contributed by atoms with van der Waals surface area (Å²) >= 11 is 0. The molecular formula is C21H23N3O. The van der Waals surface area contributed by atoms with Gasteiger partial charge in [-0.2, -0.15) is 0 Å². The van der Waals surface area contributed by atoms with Gasteiger partial charge in [-0.05, 0) is 43.4 Å². The Labute approximate surface area is 147 Å². The van der Waals surface area contributed by atoms with Crippen LogP contribution in [0, 0.1) is 5.92 Å². The van der Waals surface area contributed by atoms with Crippen molar-refractivity contribution in [3.8, 4) is 0 Å². The Morgan fingerprint density at radius 2 is 2.00 bits per heavy atom. The van der Waals surface area contributed by atoms with Gasteiger partial charge < -0.3 is 9.72 Å². The van der Waals surface area contributed by atoms with Gasteiger partial charge in [-0.15, -0.1) is 0 Å². The number of carbonyl (C=O) groups is 1. The SMILES string of the molecule is O=C(NCCCc1ccccc1)C1CCc2nc3ccccn3c2C1. The third-order valence-corrected chi connectivity index (χ3v) is 5.04. The van der Waals surface area contributed by atoms with Crippen molar-refractivity contribution in [3.63, 3.8) is 0 Å². The molecule has 4 rings (SSSR count). The number of hydrogen-bond donors (Lipinski definition) is 1. The fraction of sp³-hybridized carbons (Fsp3) is 0.333. The topological polar surface area (TPSA) is 46.4 Å². The second kappa shape index (κ2) is 7.09. The Hall–Kier alpha value is -2.62. The molecule has 1 unspecified atom stereocenters. The van der Waals surface area contributed by atoms with Crippen LogP contribution in [0.4, 0.5) is 0 Å². The molecule has 0 saturated carbocycles. The molecule has 4 nitrogen and oxygen atoms in total. The van der Waals surface area contributed by atoms with Gasteiger partial charge >= 0.3 is 0 Å². The van der Waals surface area contributed by atoms with E-state index in [1.165, 1.54) is 11.3 Å². The number of pyridine rings is 1. The highest BCUT2D eigenvalue weighted by molar-refractivity contribution is 5.79. The van der Waals surface area contributed by atoms with E-state index in [2.05, 4.69) is 39.0 Å². The minimum absolute atomic E-state index is 0.0596. The van der Waals surface area contributed by atoms with Gasteiger partial charge in [0, 0.05) is 30.8 Å². The smallest absolute Gasteiger partial charge is 0.223 e. The molecule has 1 N–H and O–H groups in total. The highest BCUT2D eigenvalue weighted by atomic mass is 16.1. The largest absolute Gasteiger partial charge is 0.356 e. The lowest BCUT2D eigenvalue weighted by atomic mass is 9.89. The molecule has 0 spiro atoms. The van der Waals surface area contributed by atoms with Crippen molar-refractivity contribution in [1.29, 1.82) is 0 Å². The van der Waals surface area contributed by atoms with Crippen LogP contribution < -0.4 is 5.32 Å². The van der Waals surface area contributed by atoms with Gasteiger partial charge in [0.1, 0.15) is 5.65 Å². The number of carbonyl (C=O) groups excluding carboxylic acids is 1. The molecule has 3 aromatic rings. The van der Waals surface area contributed by atoms with Gasteiger partial charge in [0.25, 0.3) is 0 Å². The number of nitrogens with one attached hydrogen (secondary N) is 1. The maximum Gasteiger partial charge on any atom is 0.223 e. The fourth-order valence-electron chi connectivity index (χ4n) is 3.67. The standard InChI is InChI=1S/C21H23N3O/c25-21(22-13-6-9-16-7-2-1-3-8-16)17-11-12-18-19(15-17)24-14-5-4-10-20(24)23-18/h1-5,7-8,10,14,17H,6,9,11-13,15H2,(H,22,25). The zero-order valence-electron chi connectivity index (χ0n) is 14.3. The summed E-state index contributed by atoms with van der Waals surface area (Å²) in [5.41, 5.74) is 4.66. The van der Waals surface area contributed by atoms with Gasteiger partial charge in [0.2, 0.25) is 5.91 Å². The summed E-state index contributed by atoms with van der Waals surface area (Å²) in [5, 5.41) is 3.13. The minimum Gasteiger partial charge on any atom is -0.356 e. The highest BCUT2D eigenvalue weighted by Gasteiger charge is 2.27. The van der Waals surface area contributed by atoms with Crippen LogP contribution in [0.2, 0.25) is 0 Å². The van der Waals surface area contributed by atoms with E-state index in [0.29, 0.717) is 0 Å². The summed E-state index contributed by atoms with van der Waals surface area (Å²) in [6.45, 7) is 0.740. The number of aryl methyl sites for hydroxylation is 2. The van der Waals surface area contributed by atoms with Crippen molar-refractivity contribution in [2.45, 2.75) is 32.1 Å². The molecule has 25 heavy (non-hydrogen) atoms. The second-order valence-electron chi connectivity index (χ2n) is 6.75. The Morgan fingerprint density at radius 3 is 2.88 bits per heavy atom. The molecular weight excluding hydrogens is 310 g/mol. The summed E-state index contributed by atoms with van der Waals surface area (Å²) in [7, 11) is 0. The van der Waals surface area contributed by atoms with Crippen LogP contribution in [-0.2, 0) is 24.1 Å². The quantitative estimate of drug-likeness (QED) is 0.729. The van der Waals surface area contributed by atoms with E-state index in [1.807, 2.05) is 30.5 Å². The molecule has 4 heteroatoms. The van der Waals surface area contributed by atoms with E-state index in [-0.39, 0.29) is 11.8 Å². The first kappa shape index (κ1) is 15.9. The molecule has 0 saturated heterocycles. The van der Waals surface area contributed by atoms with Crippen LogP contribution in [-0.4, -0.2) is 21.8 Å². The Balaban J connectivity index is 1.33. The first-order chi connectivity index (χ1) is 12.3. The number of imidazole rings is 1. The molecule has 0 bridgehead atoms. The van der Waals surface area contributed by atoms with Gasteiger partial charge in [-0.1, -0.05) is 36.4 Å². The van der Waals surface area contributed by atoms with Crippen LogP contribution in [0.5, 0.6) is 0 Å². The maximum absolute atomic E-state index is 12.5. The van der Waals surface area contributed by atoms with Crippen molar-refractivity contribution >= 4 is 11.6 Å². The van der Waals surface area contributed by atoms with E-state index in [4.69, 9.17) is 0 Å². The molecule has 1 aliphatic rings. The number of amides is 1. The Kier molecular flexibility index (Phi) is 4.51. The van der Waals surface area contributed by atoms with Crippen molar-refractivity contribution in [3.05, 3.63) is 71.7 Å². The second-order valence-corrected chi connectivity index (χ2v) is 6.75. The number of fused-ring (bicyclic) bond motifs is 3. The van der Waals surface area contributed by atoms with Gasteiger partial charge in [-0.25, -0.2) is 4.98 Å². The summed E-state index contributed by atoms with van der Waals surface area (Å²) in [5.74, 6) is 0.244. The van der Waals surface area contributed by atoms with Gasteiger partial charge in [0.15, 0.2) is 0 Å². The van der Waals surface area contributed by atoms with E-state index in [9.17, 15) is 4.79 Å². The third kappa shape index (κ3) is 3.43. The van der Waals surface area contributed by atoms with Crippen LogP contribution in [0.3, 0.4) is 0 Å². The summed E-state index contributed by atoms with van der Waals surface area (Å²) in [6, 6.07) is 16.5. The summed E-state index contributed by atoms with van der Waals surface area (Å²) < 4.78 is 2.13. The number of rotatable bonds is 5. The van der Waals surface area contributed by atoms with Crippen molar-refractivity contribution in [1.82, 2.24) is 14.7 Å². The Morgan fingerprint density at radius 1 is 1.16 bits per heavy atom. The van der Waals surface area contributed by atoms with E-state index in [1.54, 1.807) is 0 Å². The number of aromatic nitrogens is 2. The molecule has 128 valence electrons. The number of benzene rings is 1. The van der Waals surface area contributed by atoms with E-state index < -0.39 is 0 Å². The zero-order valence-corrected chi connectivity index (χ0v) is 14.3.